The largest absolute Gasteiger partial charge is 0.493 e. The van der Waals surface area contributed by atoms with Crippen LogP contribution in [-0.2, 0) is 16.0 Å². The summed E-state index contributed by atoms with van der Waals surface area (Å²) in [6.45, 7) is 0. The SMILES string of the molecule is COC(=O)[C@@H](Cc1c[nH]c2ccccc12)N=Cc1ccc(OC)c(OC)c1C(=O)O. The van der Waals surface area contributed by atoms with E-state index < -0.39 is 18.0 Å². The molecule has 1 atom stereocenters. The van der Waals surface area contributed by atoms with E-state index in [-0.39, 0.29) is 22.6 Å². The normalized spacial score (nSPS) is 12.1. The number of nitrogens with zero attached hydrogens (tertiary/aromatic N) is 1. The van der Waals surface area contributed by atoms with Crippen LogP contribution >= 0.6 is 0 Å². The van der Waals surface area contributed by atoms with Crippen molar-refractivity contribution in [3.05, 3.63) is 59.3 Å². The molecule has 8 heteroatoms. The Morgan fingerprint density at radius 2 is 1.90 bits per heavy atom. The summed E-state index contributed by atoms with van der Waals surface area (Å²) in [5, 5.41) is 10.6. The lowest BCUT2D eigenvalue weighted by molar-refractivity contribution is -0.142. The van der Waals surface area contributed by atoms with Crippen LogP contribution in [0.1, 0.15) is 21.5 Å². The number of aromatic nitrogens is 1. The van der Waals surface area contributed by atoms with Gasteiger partial charge in [0.15, 0.2) is 17.5 Å². The highest BCUT2D eigenvalue weighted by atomic mass is 16.5. The Morgan fingerprint density at radius 3 is 2.57 bits per heavy atom. The molecule has 0 aliphatic carbocycles. The lowest BCUT2D eigenvalue weighted by Gasteiger charge is -2.13. The van der Waals surface area contributed by atoms with Crippen molar-refractivity contribution in [2.24, 2.45) is 4.99 Å². The van der Waals surface area contributed by atoms with Crippen LogP contribution in [0.4, 0.5) is 0 Å². The number of carboxylic acid groups (broad SMARTS) is 1. The van der Waals surface area contributed by atoms with Gasteiger partial charge in [-0.1, -0.05) is 18.2 Å². The molecule has 1 aromatic heterocycles. The van der Waals surface area contributed by atoms with Gasteiger partial charge in [-0.15, -0.1) is 0 Å². The molecule has 0 aliphatic rings. The molecule has 30 heavy (non-hydrogen) atoms. The number of hydrogen-bond acceptors (Lipinski definition) is 6. The maximum atomic E-state index is 12.3. The fourth-order valence-electron chi connectivity index (χ4n) is 3.28. The second-order valence-corrected chi connectivity index (χ2v) is 6.45. The molecule has 0 amide bonds. The smallest absolute Gasteiger partial charge is 0.340 e. The van der Waals surface area contributed by atoms with Gasteiger partial charge in [0.05, 0.1) is 21.3 Å². The number of benzene rings is 2. The van der Waals surface area contributed by atoms with Gasteiger partial charge < -0.3 is 24.3 Å². The average molecular weight is 410 g/mol. The quantitative estimate of drug-likeness (QED) is 0.436. The van der Waals surface area contributed by atoms with Crippen LogP contribution in [0.5, 0.6) is 11.5 Å². The van der Waals surface area contributed by atoms with Crippen molar-refractivity contribution in [3.63, 3.8) is 0 Å². The lowest BCUT2D eigenvalue weighted by atomic mass is 10.0. The number of hydrogen-bond donors (Lipinski definition) is 2. The molecule has 0 bridgehead atoms. The Bertz CT molecular complexity index is 1100. The van der Waals surface area contributed by atoms with Gasteiger partial charge in [0, 0.05) is 35.3 Å². The van der Waals surface area contributed by atoms with E-state index >= 15 is 0 Å². The summed E-state index contributed by atoms with van der Waals surface area (Å²) in [5.41, 5.74) is 2.04. The predicted octanol–water partition coefficient (Wildman–Crippen LogP) is 3.09. The predicted molar refractivity (Wildman–Crippen MR) is 112 cm³/mol. The number of carboxylic acids is 1. The van der Waals surface area contributed by atoms with Crippen LogP contribution in [0.15, 0.2) is 47.6 Å². The summed E-state index contributed by atoms with van der Waals surface area (Å²) in [4.78, 5) is 31.7. The summed E-state index contributed by atoms with van der Waals surface area (Å²) in [7, 11) is 4.07. The van der Waals surface area contributed by atoms with Crippen molar-refractivity contribution >= 4 is 29.1 Å². The first-order chi connectivity index (χ1) is 14.5. The van der Waals surface area contributed by atoms with Crippen LogP contribution in [0.2, 0.25) is 0 Å². The van der Waals surface area contributed by atoms with Crippen LogP contribution in [-0.4, -0.2) is 55.6 Å². The maximum absolute atomic E-state index is 12.3. The third-order valence-electron chi connectivity index (χ3n) is 4.75. The minimum absolute atomic E-state index is 0.0835. The standard InChI is InChI=1S/C22H22N2O6/c1-28-18-9-8-13(19(21(25)26)20(18)29-2)11-24-17(22(27)30-3)10-14-12-23-16-7-5-4-6-15(14)16/h4-9,11-12,17,23H,10H2,1-3H3,(H,25,26)/t17-/m1/s1. The van der Waals surface area contributed by atoms with Gasteiger partial charge in [0.25, 0.3) is 0 Å². The molecule has 1 heterocycles. The Kier molecular flexibility index (Phi) is 6.36. The van der Waals surface area contributed by atoms with Crippen LogP contribution in [0.25, 0.3) is 10.9 Å². The maximum Gasteiger partial charge on any atom is 0.340 e. The number of aromatic carboxylic acids is 1. The first kappa shape index (κ1) is 20.9. The number of para-hydroxylation sites is 1. The number of esters is 1. The topological polar surface area (TPSA) is 110 Å². The number of methoxy groups -OCH3 is 3. The van der Waals surface area contributed by atoms with Gasteiger partial charge in [-0.2, -0.15) is 0 Å². The molecule has 0 spiro atoms. The molecule has 3 aromatic rings. The Balaban J connectivity index is 1.98. The molecule has 0 radical (unpaired) electrons. The zero-order chi connectivity index (χ0) is 21.7. The number of H-pyrrole nitrogens is 1. The summed E-state index contributed by atoms with van der Waals surface area (Å²) in [6.07, 6.45) is 3.47. The minimum Gasteiger partial charge on any atom is -0.493 e. The number of aromatic amines is 1. The van der Waals surface area contributed by atoms with Gasteiger partial charge in [0.1, 0.15) is 5.56 Å². The van der Waals surface area contributed by atoms with Gasteiger partial charge >= 0.3 is 11.9 Å². The number of fused-ring (bicyclic) bond motifs is 1. The Labute approximate surface area is 173 Å². The van der Waals surface area contributed by atoms with Gasteiger partial charge in [-0.3, -0.25) is 4.99 Å². The molecule has 0 unspecified atom stereocenters. The number of aliphatic imine (C=N–C) groups is 1. The monoisotopic (exact) mass is 410 g/mol. The summed E-state index contributed by atoms with van der Waals surface area (Å²) < 4.78 is 15.3. The van der Waals surface area contributed by atoms with Crippen molar-refractivity contribution in [1.82, 2.24) is 4.98 Å². The van der Waals surface area contributed by atoms with Gasteiger partial charge in [0.2, 0.25) is 0 Å². The molecule has 0 fully saturated rings. The molecular weight excluding hydrogens is 388 g/mol. The highest BCUT2D eigenvalue weighted by Crippen LogP contribution is 2.33. The van der Waals surface area contributed by atoms with E-state index in [1.165, 1.54) is 27.5 Å². The Hall–Kier alpha value is -3.81. The lowest BCUT2D eigenvalue weighted by Crippen LogP contribution is -2.23. The number of carbonyl (C=O) groups is 2. The molecule has 3 rings (SSSR count). The van der Waals surface area contributed by atoms with Gasteiger partial charge in [-0.05, 0) is 23.8 Å². The Morgan fingerprint density at radius 1 is 1.13 bits per heavy atom. The van der Waals surface area contributed by atoms with E-state index in [1.54, 1.807) is 12.1 Å². The molecule has 0 saturated carbocycles. The highest BCUT2D eigenvalue weighted by molar-refractivity contribution is 6.02. The van der Waals surface area contributed by atoms with E-state index in [4.69, 9.17) is 14.2 Å². The van der Waals surface area contributed by atoms with Crippen molar-refractivity contribution in [3.8, 4) is 11.5 Å². The van der Waals surface area contributed by atoms with Crippen LogP contribution < -0.4 is 9.47 Å². The second-order valence-electron chi connectivity index (χ2n) is 6.45. The molecule has 2 N–H and O–H groups in total. The van der Waals surface area contributed by atoms with E-state index in [0.29, 0.717) is 6.42 Å². The first-order valence-corrected chi connectivity index (χ1v) is 9.14. The highest BCUT2D eigenvalue weighted by Gasteiger charge is 2.23. The van der Waals surface area contributed by atoms with Gasteiger partial charge in [-0.25, -0.2) is 9.59 Å². The zero-order valence-corrected chi connectivity index (χ0v) is 16.8. The van der Waals surface area contributed by atoms with E-state index in [2.05, 4.69) is 9.98 Å². The van der Waals surface area contributed by atoms with E-state index in [1.807, 2.05) is 30.5 Å². The molecule has 0 aliphatic heterocycles. The van der Waals surface area contributed by atoms with E-state index in [0.717, 1.165) is 16.5 Å². The number of carbonyl (C=O) groups excluding carboxylic acids is 1. The fourth-order valence-corrected chi connectivity index (χ4v) is 3.28. The second kappa shape index (κ2) is 9.13. The third kappa shape index (κ3) is 4.12. The van der Waals surface area contributed by atoms with Crippen molar-refractivity contribution in [1.29, 1.82) is 0 Å². The molecule has 0 saturated heterocycles. The van der Waals surface area contributed by atoms with E-state index in [9.17, 15) is 14.7 Å². The molecular formula is C22H22N2O6. The van der Waals surface area contributed by atoms with Crippen molar-refractivity contribution in [2.75, 3.05) is 21.3 Å². The molecule has 8 nitrogen and oxygen atoms in total. The zero-order valence-electron chi connectivity index (χ0n) is 16.8. The van der Waals surface area contributed by atoms with Crippen molar-refractivity contribution in [2.45, 2.75) is 12.5 Å². The number of nitrogens with one attached hydrogen (secondary N) is 1. The summed E-state index contributed by atoms with van der Waals surface area (Å²) >= 11 is 0. The molecule has 2 aromatic carbocycles. The fraction of sp³-hybridized carbons (Fsp3) is 0.227. The summed E-state index contributed by atoms with van der Waals surface area (Å²) in [5.74, 6) is -1.34. The molecule has 156 valence electrons. The third-order valence-corrected chi connectivity index (χ3v) is 4.75. The van der Waals surface area contributed by atoms with Crippen molar-refractivity contribution < 1.29 is 28.9 Å². The number of rotatable bonds is 8. The van der Waals surface area contributed by atoms with Crippen LogP contribution in [0.3, 0.4) is 0 Å². The minimum atomic E-state index is -1.20. The summed E-state index contributed by atoms with van der Waals surface area (Å²) in [6, 6.07) is 10.0. The first-order valence-electron chi connectivity index (χ1n) is 9.14. The average Bonchev–Trinajstić information content (AvgIpc) is 3.17. The number of ether oxygens (including phenoxy) is 3. The van der Waals surface area contributed by atoms with Crippen LogP contribution in [0, 0.1) is 0 Å².